The van der Waals surface area contributed by atoms with Crippen molar-refractivity contribution < 1.29 is 14.0 Å². The van der Waals surface area contributed by atoms with E-state index in [0.29, 0.717) is 31.4 Å². The molecule has 2 atom stereocenters. The first-order chi connectivity index (χ1) is 11.0. The number of hydrogen-bond acceptors (Lipinski definition) is 5. The van der Waals surface area contributed by atoms with E-state index in [1.54, 1.807) is 11.8 Å². The van der Waals surface area contributed by atoms with Crippen LogP contribution in [0, 0.1) is 11.3 Å². The number of H-pyrrole nitrogens is 1. The standard InChI is InChI=1S/C15H20N4O4/c1-9(20)19-7-11-6-15(11,8-19)13(21)18-4-2-10(3-5-18)12-16-17-14(22)23-12/h10-11H,2-8H2,1H3,(H,17,22). The van der Waals surface area contributed by atoms with Crippen molar-refractivity contribution in [1.82, 2.24) is 20.0 Å². The molecule has 0 bridgehead atoms. The third-order valence-electron chi connectivity index (χ3n) is 5.60. The van der Waals surface area contributed by atoms with Crippen LogP contribution in [0.15, 0.2) is 9.21 Å². The fourth-order valence-corrected chi connectivity index (χ4v) is 4.11. The molecule has 124 valence electrons. The second kappa shape index (κ2) is 4.94. The lowest BCUT2D eigenvalue weighted by atomic mass is 9.94. The van der Waals surface area contributed by atoms with E-state index < -0.39 is 5.76 Å². The van der Waals surface area contributed by atoms with Gasteiger partial charge in [0.05, 0.1) is 5.41 Å². The molecule has 1 N–H and O–H groups in total. The molecule has 1 aromatic heterocycles. The van der Waals surface area contributed by atoms with Gasteiger partial charge in [0.25, 0.3) is 0 Å². The van der Waals surface area contributed by atoms with Gasteiger partial charge in [0.2, 0.25) is 17.7 Å². The molecule has 0 spiro atoms. The Morgan fingerprint density at radius 3 is 2.61 bits per heavy atom. The maximum atomic E-state index is 12.9. The van der Waals surface area contributed by atoms with Crippen molar-refractivity contribution in [1.29, 1.82) is 0 Å². The highest BCUT2D eigenvalue weighted by Gasteiger charge is 2.66. The quantitative estimate of drug-likeness (QED) is 0.823. The maximum absolute atomic E-state index is 12.9. The Morgan fingerprint density at radius 1 is 1.30 bits per heavy atom. The van der Waals surface area contributed by atoms with Gasteiger partial charge in [0.1, 0.15) is 0 Å². The number of aromatic nitrogens is 2. The summed E-state index contributed by atoms with van der Waals surface area (Å²) >= 11 is 0. The third kappa shape index (κ3) is 2.27. The summed E-state index contributed by atoms with van der Waals surface area (Å²) in [6.07, 6.45) is 2.40. The molecule has 0 radical (unpaired) electrons. The van der Waals surface area contributed by atoms with Crippen molar-refractivity contribution in [2.45, 2.75) is 32.1 Å². The van der Waals surface area contributed by atoms with Gasteiger partial charge < -0.3 is 14.2 Å². The molecule has 8 nitrogen and oxygen atoms in total. The van der Waals surface area contributed by atoms with E-state index in [4.69, 9.17) is 4.42 Å². The van der Waals surface area contributed by atoms with Crippen LogP contribution in [-0.4, -0.2) is 58.0 Å². The van der Waals surface area contributed by atoms with E-state index in [0.717, 1.165) is 25.8 Å². The molecule has 3 aliphatic rings. The van der Waals surface area contributed by atoms with Crippen LogP contribution in [0.3, 0.4) is 0 Å². The number of nitrogens with one attached hydrogen (secondary N) is 1. The van der Waals surface area contributed by atoms with Crippen molar-refractivity contribution in [3.8, 4) is 0 Å². The molecule has 0 aromatic carbocycles. The van der Waals surface area contributed by atoms with Crippen molar-refractivity contribution in [3.63, 3.8) is 0 Å². The zero-order chi connectivity index (χ0) is 16.2. The van der Waals surface area contributed by atoms with Crippen LogP contribution in [0.25, 0.3) is 0 Å². The monoisotopic (exact) mass is 320 g/mol. The predicted octanol–water partition coefficient (Wildman–Crippen LogP) is -0.0627. The van der Waals surface area contributed by atoms with E-state index >= 15 is 0 Å². The van der Waals surface area contributed by atoms with Crippen LogP contribution >= 0.6 is 0 Å². The normalized spacial score (nSPS) is 30.4. The molecule has 2 unspecified atom stereocenters. The number of piperidine rings is 2. The molecule has 3 heterocycles. The molecule has 2 saturated heterocycles. The van der Waals surface area contributed by atoms with Gasteiger partial charge in [-0.15, -0.1) is 5.10 Å². The van der Waals surface area contributed by atoms with Crippen molar-refractivity contribution in [2.24, 2.45) is 11.3 Å². The Labute approximate surface area is 132 Å². The van der Waals surface area contributed by atoms with E-state index in [1.165, 1.54) is 0 Å². The second-order valence-electron chi connectivity index (χ2n) is 6.97. The average molecular weight is 320 g/mol. The summed E-state index contributed by atoms with van der Waals surface area (Å²) in [6, 6.07) is 0. The summed E-state index contributed by atoms with van der Waals surface area (Å²) in [5, 5.41) is 6.17. The van der Waals surface area contributed by atoms with Crippen molar-refractivity contribution in [2.75, 3.05) is 26.2 Å². The number of hydrogen-bond donors (Lipinski definition) is 1. The largest absolute Gasteiger partial charge is 0.434 e. The van der Waals surface area contributed by atoms with Gasteiger partial charge in [-0.25, -0.2) is 9.89 Å². The smallest absolute Gasteiger partial charge is 0.392 e. The first kappa shape index (κ1) is 14.5. The number of likely N-dealkylation sites (tertiary alicyclic amines) is 2. The molecular formula is C15H20N4O4. The van der Waals surface area contributed by atoms with Crippen molar-refractivity contribution >= 4 is 11.8 Å². The highest BCUT2D eigenvalue weighted by atomic mass is 16.4. The number of aromatic amines is 1. The zero-order valence-electron chi connectivity index (χ0n) is 13.1. The highest BCUT2D eigenvalue weighted by Crippen LogP contribution is 2.59. The van der Waals surface area contributed by atoms with E-state index in [-0.39, 0.29) is 23.1 Å². The van der Waals surface area contributed by atoms with E-state index in [2.05, 4.69) is 10.2 Å². The summed E-state index contributed by atoms with van der Waals surface area (Å²) in [5.74, 6) is 0.565. The zero-order valence-corrected chi connectivity index (χ0v) is 13.1. The molecule has 8 heteroatoms. The van der Waals surface area contributed by atoms with Gasteiger partial charge in [-0.3, -0.25) is 9.59 Å². The SMILES string of the molecule is CC(=O)N1CC2CC2(C(=O)N2CCC(c3n[nH]c(=O)o3)CC2)C1. The summed E-state index contributed by atoms with van der Waals surface area (Å²) < 4.78 is 5.02. The Kier molecular flexibility index (Phi) is 3.11. The maximum Gasteiger partial charge on any atom is 0.434 e. The first-order valence-electron chi connectivity index (χ1n) is 8.10. The summed E-state index contributed by atoms with van der Waals surface area (Å²) in [6.45, 7) is 4.14. The van der Waals surface area contributed by atoms with Gasteiger partial charge in [0.15, 0.2) is 0 Å². The van der Waals surface area contributed by atoms with Crippen LogP contribution in [0.4, 0.5) is 0 Å². The minimum atomic E-state index is -0.534. The lowest BCUT2D eigenvalue weighted by Crippen LogP contribution is -2.44. The Bertz CT molecular complexity index is 702. The Hall–Kier alpha value is -2.12. The minimum absolute atomic E-state index is 0.0524. The Balaban J connectivity index is 1.39. The van der Waals surface area contributed by atoms with E-state index in [1.807, 2.05) is 4.90 Å². The highest BCUT2D eigenvalue weighted by molar-refractivity contribution is 5.88. The summed E-state index contributed by atoms with van der Waals surface area (Å²) in [4.78, 5) is 39.1. The van der Waals surface area contributed by atoms with Crippen LogP contribution in [-0.2, 0) is 9.59 Å². The van der Waals surface area contributed by atoms with Gasteiger partial charge in [-0.05, 0) is 25.2 Å². The molecule has 4 rings (SSSR count). The third-order valence-corrected chi connectivity index (χ3v) is 5.60. The number of carbonyl (C=O) groups excluding carboxylic acids is 2. The summed E-state index contributed by atoms with van der Waals surface area (Å²) in [7, 11) is 0. The molecule has 1 saturated carbocycles. The number of carbonyl (C=O) groups is 2. The van der Waals surface area contributed by atoms with Gasteiger partial charge >= 0.3 is 5.76 Å². The minimum Gasteiger partial charge on any atom is -0.392 e. The van der Waals surface area contributed by atoms with Crippen LogP contribution in [0.2, 0.25) is 0 Å². The van der Waals surface area contributed by atoms with Crippen LogP contribution in [0.1, 0.15) is 38.0 Å². The van der Waals surface area contributed by atoms with Gasteiger partial charge in [-0.1, -0.05) is 0 Å². The molecule has 2 aliphatic heterocycles. The number of nitrogens with zero attached hydrogens (tertiary/aromatic N) is 3. The molecule has 23 heavy (non-hydrogen) atoms. The number of fused-ring (bicyclic) bond motifs is 1. The first-order valence-corrected chi connectivity index (χ1v) is 8.10. The molecular weight excluding hydrogens is 300 g/mol. The summed E-state index contributed by atoms with van der Waals surface area (Å²) in [5.41, 5.74) is -0.322. The van der Waals surface area contributed by atoms with E-state index in [9.17, 15) is 14.4 Å². The van der Waals surface area contributed by atoms with Gasteiger partial charge in [-0.2, -0.15) is 0 Å². The number of rotatable bonds is 2. The molecule has 1 aliphatic carbocycles. The fraction of sp³-hybridized carbons (Fsp3) is 0.733. The Morgan fingerprint density at radius 2 is 2.04 bits per heavy atom. The van der Waals surface area contributed by atoms with Crippen LogP contribution in [0.5, 0.6) is 0 Å². The predicted molar refractivity (Wildman–Crippen MR) is 78.5 cm³/mol. The molecule has 3 fully saturated rings. The molecule has 1 aromatic rings. The average Bonchev–Trinajstić information content (AvgIpc) is 2.90. The number of amides is 2. The lowest BCUT2D eigenvalue weighted by Gasteiger charge is -2.33. The fourth-order valence-electron chi connectivity index (χ4n) is 4.11. The van der Waals surface area contributed by atoms with Gasteiger partial charge in [0, 0.05) is 39.0 Å². The van der Waals surface area contributed by atoms with Crippen LogP contribution < -0.4 is 5.76 Å². The topological polar surface area (TPSA) is 99.5 Å². The molecule has 2 amide bonds. The second-order valence-corrected chi connectivity index (χ2v) is 6.97. The van der Waals surface area contributed by atoms with Crippen molar-refractivity contribution in [3.05, 3.63) is 16.4 Å². The lowest BCUT2D eigenvalue weighted by molar-refractivity contribution is -0.139.